The van der Waals surface area contributed by atoms with Gasteiger partial charge in [-0.2, -0.15) is 0 Å². The molecule has 2 aromatic rings. The van der Waals surface area contributed by atoms with E-state index in [9.17, 15) is 0 Å². The predicted molar refractivity (Wildman–Crippen MR) is 90.3 cm³/mol. The molecule has 0 aromatic heterocycles. The highest BCUT2D eigenvalue weighted by Gasteiger charge is 2.08. The maximum atomic E-state index is 2.34. The van der Waals surface area contributed by atoms with E-state index in [-0.39, 0.29) is 0 Å². The van der Waals surface area contributed by atoms with Gasteiger partial charge in [-0.3, -0.25) is 0 Å². The van der Waals surface area contributed by atoms with Crippen LogP contribution in [-0.4, -0.2) is 0 Å². The lowest BCUT2D eigenvalue weighted by atomic mass is 9.99. The Kier molecular flexibility index (Phi) is 4.68. The van der Waals surface area contributed by atoms with Gasteiger partial charge in [0.05, 0.1) is 0 Å². The molecule has 0 spiro atoms. The first-order valence-corrected chi connectivity index (χ1v) is 7.85. The summed E-state index contributed by atoms with van der Waals surface area (Å²) in [5, 5.41) is 0. The fourth-order valence-electron chi connectivity index (χ4n) is 2.89. The van der Waals surface area contributed by atoms with Crippen LogP contribution in [-0.2, 0) is 12.8 Å². The van der Waals surface area contributed by atoms with Gasteiger partial charge in [-0.25, -0.2) is 0 Å². The molecule has 0 saturated carbocycles. The molecular weight excluding hydrogens is 252 g/mol. The number of allylic oxidation sites excluding steroid dienone is 4. The molecule has 0 heteroatoms. The fraction of sp³-hybridized carbons (Fsp3) is 0.238. The molecule has 0 saturated heterocycles. The van der Waals surface area contributed by atoms with Crippen LogP contribution in [0.2, 0.25) is 0 Å². The number of rotatable bonds is 6. The molecule has 0 atom stereocenters. The van der Waals surface area contributed by atoms with Crippen molar-refractivity contribution in [1.29, 1.82) is 0 Å². The lowest BCUT2D eigenvalue weighted by Gasteiger charge is -2.06. The first-order chi connectivity index (χ1) is 10.4. The van der Waals surface area contributed by atoms with Crippen LogP contribution in [0.25, 0.3) is 0 Å². The summed E-state index contributed by atoms with van der Waals surface area (Å²) in [6.45, 7) is 0. The zero-order valence-electron chi connectivity index (χ0n) is 12.5. The van der Waals surface area contributed by atoms with Crippen LogP contribution in [0, 0.1) is 0 Å². The van der Waals surface area contributed by atoms with Crippen molar-refractivity contribution in [3.63, 3.8) is 0 Å². The molecule has 0 aliphatic heterocycles. The summed E-state index contributed by atoms with van der Waals surface area (Å²) in [5.74, 6) is 0. The second-order valence-electron chi connectivity index (χ2n) is 5.80. The second kappa shape index (κ2) is 7.08. The van der Waals surface area contributed by atoms with Gasteiger partial charge in [0.2, 0.25) is 0 Å². The van der Waals surface area contributed by atoms with Crippen molar-refractivity contribution in [3.05, 3.63) is 95.1 Å². The summed E-state index contributed by atoms with van der Waals surface area (Å²) >= 11 is 0. The molecule has 3 rings (SSSR count). The summed E-state index contributed by atoms with van der Waals surface area (Å²) in [7, 11) is 0. The Morgan fingerprint density at radius 3 is 1.38 bits per heavy atom. The van der Waals surface area contributed by atoms with Crippen molar-refractivity contribution >= 4 is 0 Å². The number of benzene rings is 2. The highest BCUT2D eigenvalue weighted by molar-refractivity contribution is 5.32. The molecule has 0 amide bonds. The van der Waals surface area contributed by atoms with Crippen LogP contribution < -0.4 is 0 Å². The van der Waals surface area contributed by atoms with Crippen LogP contribution in [0.1, 0.15) is 30.4 Å². The molecule has 106 valence electrons. The van der Waals surface area contributed by atoms with Gasteiger partial charge in [0.25, 0.3) is 0 Å². The van der Waals surface area contributed by atoms with E-state index < -0.39 is 0 Å². The highest BCUT2D eigenvalue weighted by atomic mass is 14.1. The van der Waals surface area contributed by atoms with E-state index in [1.54, 1.807) is 11.1 Å². The van der Waals surface area contributed by atoms with E-state index in [4.69, 9.17) is 0 Å². The van der Waals surface area contributed by atoms with Gasteiger partial charge in [-0.05, 0) is 43.2 Å². The lowest BCUT2D eigenvalue weighted by Crippen LogP contribution is -1.91. The molecule has 0 fully saturated rings. The number of aryl methyl sites for hydroxylation is 2. The van der Waals surface area contributed by atoms with Crippen LogP contribution in [0.3, 0.4) is 0 Å². The van der Waals surface area contributed by atoms with Gasteiger partial charge >= 0.3 is 0 Å². The van der Waals surface area contributed by atoms with E-state index in [1.807, 2.05) is 0 Å². The summed E-state index contributed by atoms with van der Waals surface area (Å²) in [4.78, 5) is 0. The minimum absolute atomic E-state index is 1.16. The third-order valence-electron chi connectivity index (χ3n) is 4.16. The van der Waals surface area contributed by atoms with Crippen molar-refractivity contribution < 1.29 is 0 Å². The molecule has 0 N–H and O–H groups in total. The largest absolute Gasteiger partial charge is 0.0658 e. The zero-order chi connectivity index (χ0) is 14.3. The second-order valence-corrected chi connectivity index (χ2v) is 5.80. The smallest absolute Gasteiger partial charge is 0.0102 e. The monoisotopic (exact) mass is 274 g/mol. The fourth-order valence-corrected chi connectivity index (χ4v) is 2.89. The number of hydrogen-bond acceptors (Lipinski definition) is 0. The molecule has 1 aliphatic carbocycles. The maximum Gasteiger partial charge on any atom is -0.0102 e. The summed E-state index contributed by atoms with van der Waals surface area (Å²) < 4.78 is 0. The Balaban J connectivity index is 1.42. The molecule has 0 unspecified atom stereocenters. The van der Waals surface area contributed by atoms with Crippen molar-refractivity contribution in [2.75, 3.05) is 0 Å². The molecule has 2 aromatic carbocycles. The maximum absolute atomic E-state index is 2.34. The van der Waals surface area contributed by atoms with Gasteiger partial charge in [-0.15, -0.1) is 0 Å². The third-order valence-corrected chi connectivity index (χ3v) is 4.16. The normalized spacial score (nSPS) is 13.9. The van der Waals surface area contributed by atoms with Gasteiger partial charge < -0.3 is 0 Å². The Bertz CT molecular complexity index is 560. The lowest BCUT2D eigenvalue weighted by molar-refractivity contribution is 0.858. The molecule has 21 heavy (non-hydrogen) atoms. The highest BCUT2D eigenvalue weighted by Crippen LogP contribution is 2.26. The minimum Gasteiger partial charge on any atom is -0.0658 e. The van der Waals surface area contributed by atoms with Gasteiger partial charge in [0, 0.05) is 0 Å². The van der Waals surface area contributed by atoms with Crippen molar-refractivity contribution in [3.8, 4) is 0 Å². The molecule has 0 radical (unpaired) electrons. The Morgan fingerprint density at radius 1 is 0.524 bits per heavy atom. The molecular formula is C21H22. The van der Waals surface area contributed by atoms with Crippen LogP contribution in [0.5, 0.6) is 0 Å². The zero-order valence-corrected chi connectivity index (χ0v) is 12.5. The van der Waals surface area contributed by atoms with E-state index in [0.717, 1.165) is 12.8 Å². The number of hydrogen-bond donors (Lipinski definition) is 0. The molecule has 1 aliphatic rings. The SMILES string of the molecule is C1=C(CCc2ccccc2)CC(CCc2ccccc2)=C1. The van der Waals surface area contributed by atoms with Crippen molar-refractivity contribution in [2.45, 2.75) is 32.1 Å². The first-order valence-electron chi connectivity index (χ1n) is 7.85. The summed E-state index contributed by atoms with van der Waals surface area (Å²) in [5.41, 5.74) is 6.05. The Morgan fingerprint density at radius 2 is 0.952 bits per heavy atom. The van der Waals surface area contributed by atoms with E-state index in [0.29, 0.717) is 0 Å². The predicted octanol–water partition coefficient (Wildman–Crippen LogP) is 5.51. The third kappa shape index (κ3) is 4.19. The average Bonchev–Trinajstić information content (AvgIpc) is 3.01. The molecule has 0 nitrogen and oxygen atoms in total. The first kappa shape index (κ1) is 13.9. The topological polar surface area (TPSA) is 0 Å². The molecule has 0 heterocycles. The molecule has 0 bridgehead atoms. The standard InChI is InChI=1S/C21H22/c1-3-7-18(8-4-1)11-13-20-15-16-21(17-20)14-12-19-9-5-2-6-10-19/h1-10,15-16H,11-14,17H2. The van der Waals surface area contributed by atoms with Gasteiger partial charge in [0.1, 0.15) is 0 Å². The minimum atomic E-state index is 1.16. The van der Waals surface area contributed by atoms with Crippen LogP contribution >= 0.6 is 0 Å². The van der Waals surface area contributed by atoms with Crippen LogP contribution in [0.15, 0.2) is 84.0 Å². The van der Waals surface area contributed by atoms with E-state index >= 15 is 0 Å². The summed E-state index contributed by atoms with van der Waals surface area (Å²) in [6.07, 6.45) is 10.6. The Labute approximate surface area is 127 Å². The average molecular weight is 274 g/mol. The van der Waals surface area contributed by atoms with Gasteiger partial charge in [0.15, 0.2) is 0 Å². The quantitative estimate of drug-likeness (QED) is 0.651. The van der Waals surface area contributed by atoms with Crippen molar-refractivity contribution in [1.82, 2.24) is 0 Å². The summed E-state index contributed by atoms with van der Waals surface area (Å²) in [6, 6.07) is 21.6. The van der Waals surface area contributed by atoms with E-state index in [1.165, 1.54) is 30.4 Å². The van der Waals surface area contributed by atoms with Crippen molar-refractivity contribution in [2.24, 2.45) is 0 Å². The Hall–Kier alpha value is -2.08. The van der Waals surface area contributed by atoms with Crippen LogP contribution in [0.4, 0.5) is 0 Å². The van der Waals surface area contributed by atoms with E-state index in [2.05, 4.69) is 72.8 Å². The van der Waals surface area contributed by atoms with Gasteiger partial charge in [-0.1, -0.05) is 84.0 Å².